The number of ether oxygens (including phenoxy) is 1. The quantitative estimate of drug-likeness (QED) is 0.929. The van der Waals surface area contributed by atoms with E-state index in [4.69, 9.17) is 10.5 Å². The van der Waals surface area contributed by atoms with Gasteiger partial charge < -0.3 is 10.5 Å². The van der Waals surface area contributed by atoms with E-state index < -0.39 is 17.8 Å². The van der Waals surface area contributed by atoms with Crippen molar-refractivity contribution in [2.24, 2.45) is 5.73 Å². The molecule has 0 radical (unpaired) electrons. The summed E-state index contributed by atoms with van der Waals surface area (Å²) in [5.74, 6) is 0. The minimum atomic E-state index is -4.37. The molecule has 2 rings (SSSR count). The predicted molar refractivity (Wildman–Crippen MR) is 74.8 cm³/mol. The highest BCUT2D eigenvalue weighted by atomic mass is 19.4. The van der Waals surface area contributed by atoms with Crippen molar-refractivity contribution in [3.8, 4) is 0 Å². The summed E-state index contributed by atoms with van der Waals surface area (Å²) in [6, 6.07) is 5.26. The molecule has 0 aromatic heterocycles. The molecular weight excluding hydrogens is 281 g/mol. The second-order valence-corrected chi connectivity index (χ2v) is 5.43. The summed E-state index contributed by atoms with van der Waals surface area (Å²) in [5, 5.41) is 0. The molecule has 3 atom stereocenters. The Morgan fingerprint density at radius 1 is 1.38 bits per heavy atom. The Morgan fingerprint density at radius 3 is 2.57 bits per heavy atom. The van der Waals surface area contributed by atoms with Crippen LogP contribution < -0.4 is 5.73 Å². The highest BCUT2D eigenvalue weighted by Crippen LogP contribution is 2.37. The van der Waals surface area contributed by atoms with E-state index in [-0.39, 0.29) is 24.3 Å². The van der Waals surface area contributed by atoms with Crippen LogP contribution in [0.3, 0.4) is 0 Å². The lowest BCUT2D eigenvalue weighted by Gasteiger charge is -2.35. The second-order valence-electron chi connectivity index (χ2n) is 5.43. The first-order chi connectivity index (χ1) is 9.86. The van der Waals surface area contributed by atoms with Gasteiger partial charge in [0.25, 0.3) is 0 Å². The number of nitrogens with zero attached hydrogens (tertiary/aromatic N) is 1. The number of nitrogens with two attached hydrogens (primary N) is 1. The van der Waals surface area contributed by atoms with Crippen LogP contribution in [-0.2, 0) is 10.9 Å². The number of alkyl halides is 3. The van der Waals surface area contributed by atoms with Gasteiger partial charge in [-0.15, -0.1) is 0 Å². The van der Waals surface area contributed by atoms with E-state index in [1.807, 2.05) is 18.9 Å². The monoisotopic (exact) mass is 302 g/mol. The SMILES string of the molecule is CC1OCCC1N(C)C(CN)c1ccccc1C(F)(F)F. The van der Waals surface area contributed by atoms with E-state index in [1.54, 1.807) is 6.07 Å². The third-order valence-corrected chi connectivity index (χ3v) is 4.20. The van der Waals surface area contributed by atoms with Crippen LogP contribution in [-0.4, -0.2) is 37.2 Å². The molecule has 0 amide bonds. The summed E-state index contributed by atoms with van der Waals surface area (Å²) in [5.41, 5.74) is 5.40. The highest BCUT2D eigenvalue weighted by molar-refractivity contribution is 5.33. The van der Waals surface area contributed by atoms with Gasteiger partial charge in [-0.2, -0.15) is 13.2 Å². The summed E-state index contributed by atoms with van der Waals surface area (Å²) in [6.07, 6.45) is -3.56. The third kappa shape index (κ3) is 3.39. The van der Waals surface area contributed by atoms with Crippen LogP contribution in [0.2, 0.25) is 0 Å². The zero-order chi connectivity index (χ0) is 15.6. The second kappa shape index (κ2) is 6.34. The highest BCUT2D eigenvalue weighted by Gasteiger charge is 2.38. The first kappa shape index (κ1) is 16.3. The van der Waals surface area contributed by atoms with Crippen LogP contribution in [0.1, 0.15) is 30.5 Å². The number of likely N-dealkylation sites (N-methyl/N-ethyl adjacent to an activating group) is 1. The lowest BCUT2D eigenvalue weighted by atomic mass is 9.96. The Labute approximate surface area is 122 Å². The molecule has 1 heterocycles. The Hall–Kier alpha value is -1.11. The van der Waals surface area contributed by atoms with E-state index >= 15 is 0 Å². The van der Waals surface area contributed by atoms with Gasteiger partial charge >= 0.3 is 6.18 Å². The molecule has 1 saturated heterocycles. The van der Waals surface area contributed by atoms with E-state index in [0.29, 0.717) is 6.61 Å². The van der Waals surface area contributed by atoms with Gasteiger partial charge in [0.1, 0.15) is 0 Å². The van der Waals surface area contributed by atoms with Gasteiger partial charge in [-0.1, -0.05) is 18.2 Å². The molecule has 6 heteroatoms. The van der Waals surface area contributed by atoms with Crippen LogP contribution in [0, 0.1) is 0 Å². The van der Waals surface area contributed by atoms with Crippen molar-refractivity contribution in [2.75, 3.05) is 20.2 Å². The number of hydrogen-bond donors (Lipinski definition) is 1. The molecule has 3 unspecified atom stereocenters. The maximum absolute atomic E-state index is 13.2. The van der Waals surface area contributed by atoms with Gasteiger partial charge in [0, 0.05) is 25.2 Å². The van der Waals surface area contributed by atoms with Gasteiger partial charge in [-0.25, -0.2) is 0 Å². The van der Waals surface area contributed by atoms with Crippen LogP contribution >= 0.6 is 0 Å². The van der Waals surface area contributed by atoms with Crippen LogP contribution in [0.5, 0.6) is 0 Å². The van der Waals surface area contributed by atoms with Gasteiger partial charge in [0.15, 0.2) is 0 Å². The molecule has 118 valence electrons. The Kier molecular flexibility index (Phi) is 4.91. The fourth-order valence-electron chi connectivity index (χ4n) is 3.04. The fourth-order valence-corrected chi connectivity index (χ4v) is 3.04. The molecule has 0 saturated carbocycles. The lowest BCUT2D eigenvalue weighted by molar-refractivity contribution is -0.138. The lowest BCUT2D eigenvalue weighted by Crippen LogP contribution is -2.42. The summed E-state index contributed by atoms with van der Waals surface area (Å²) in [4.78, 5) is 1.92. The minimum absolute atomic E-state index is 0.00194. The van der Waals surface area contributed by atoms with Crippen molar-refractivity contribution in [1.29, 1.82) is 0 Å². The molecule has 3 nitrogen and oxygen atoms in total. The van der Waals surface area contributed by atoms with Crippen molar-refractivity contribution in [3.05, 3.63) is 35.4 Å². The van der Waals surface area contributed by atoms with Crippen LogP contribution in [0.4, 0.5) is 13.2 Å². The van der Waals surface area contributed by atoms with Crippen LogP contribution in [0.15, 0.2) is 24.3 Å². The molecule has 1 aliphatic rings. The average molecular weight is 302 g/mol. The molecule has 1 aromatic rings. The van der Waals surface area contributed by atoms with E-state index in [2.05, 4.69) is 0 Å². The molecule has 0 bridgehead atoms. The molecular formula is C15H21F3N2O. The summed E-state index contributed by atoms with van der Waals surface area (Å²) in [7, 11) is 1.82. The summed E-state index contributed by atoms with van der Waals surface area (Å²) >= 11 is 0. The zero-order valence-corrected chi connectivity index (χ0v) is 12.2. The Bertz CT molecular complexity index is 478. The largest absolute Gasteiger partial charge is 0.416 e. The van der Waals surface area contributed by atoms with Crippen molar-refractivity contribution in [2.45, 2.75) is 37.7 Å². The topological polar surface area (TPSA) is 38.5 Å². The molecule has 1 aromatic carbocycles. The maximum atomic E-state index is 13.2. The fraction of sp³-hybridized carbons (Fsp3) is 0.600. The van der Waals surface area contributed by atoms with Gasteiger partial charge in [-0.05, 0) is 32.0 Å². The number of halogens is 3. The molecule has 1 fully saturated rings. The summed E-state index contributed by atoms with van der Waals surface area (Å²) < 4.78 is 45.0. The Morgan fingerprint density at radius 2 is 2.05 bits per heavy atom. The van der Waals surface area contributed by atoms with E-state index in [1.165, 1.54) is 12.1 Å². The average Bonchev–Trinajstić information content (AvgIpc) is 2.85. The van der Waals surface area contributed by atoms with Crippen LogP contribution in [0.25, 0.3) is 0 Å². The summed E-state index contributed by atoms with van der Waals surface area (Å²) in [6.45, 7) is 2.71. The molecule has 0 spiro atoms. The van der Waals surface area contributed by atoms with Gasteiger partial charge in [0.05, 0.1) is 11.7 Å². The molecule has 0 aliphatic carbocycles. The molecule has 2 N–H and O–H groups in total. The van der Waals surface area contributed by atoms with Crippen molar-refractivity contribution < 1.29 is 17.9 Å². The van der Waals surface area contributed by atoms with Crippen molar-refractivity contribution in [3.63, 3.8) is 0 Å². The van der Waals surface area contributed by atoms with Crippen molar-refractivity contribution in [1.82, 2.24) is 4.90 Å². The standard InChI is InChI=1S/C15H21F3N2O/c1-10-13(7-8-21-10)20(2)14(9-19)11-5-3-4-6-12(11)15(16,17)18/h3-6,10,13-14H,7-9,19H2,1-2H3. The normalized spacial score (nSPS) is 24.5. The van der Waals surface area contributed by atoms with Gasteiger partial charge in [-0.3, -0.25) is 4.90 Å². The number of hydrogen-bond acceptors (Lipinski definition) is 3. The number of rotatable bonds is 4. The smallest absolute Gasteiger partial charge is 0.377 e. The minimum Gasteiger partial charge on any atom is -0.377 e. The van der Waals surface area contributed by atoms with Gasteiger partial charge in [0.2, 0.25) is 0 Å². The predicted octanol–water partition coefficient (Wildman–Crippen LogP) is 2.81. The van der Waals surface area contributed by atoms with E-state index in [0.717, 1.165) is 12.5 Å². The van der Waals surface area contributed by atoms with E-state index in [9.17, 15) is 13.2 Å². The molecule has 21 heavy (non-hydrogen) atoms. The first-order valence-electron chi connectivity index (χ1n) is 7.06. The Balaban J connectivity index is 2.33. The maximum Gasteiger partial charge on any atom is 0.416 e. The van der Waals surface area contributed by atoms with Crippen molar-refractivity contribution >= 4 is 0 Å². The zero-order valence-electron chi connectivity index (χ0n) is 12.2. The third-order valence-electron chi connectivity index (χ3n) is 4.20. The first-order valence-corrected chi connectivity index (χ1v) is 7.06. The molecule has 1 aliphatic heterocycles. The number of benzene rings is 1.